The molecule has 1 atom stereocenters. The lowest BCUT2D eigenvalue weighted by Gasteiger charge is -2.18. The van der Waals surface area contributed by atoms with Crippen molar-refractivity contribution in [2.45, 2.75) is 32.9 Å². The predicted molar refractivity (Wildman–Crippen MR) is 60.4 cm³/mol. The first kappa shape index (κ1) is 13.0. The Kier molecular flexibility index (Phi) is 7.38. The molecule has 0 heterocycles. The van der Waals surface area contributed by atoms with Crippen LogP contribution in [0.25, 0.3) is 0 Å². The minimum Gasteiger partial charge on any atom is -0.303 e. The number of nitrogens with zero attached hydrogens (tertiary/aromatic N) is 1. The van der Waals surface area contributed by atoms with Gasteiger partial charge in [-0.3, -0.25) is 4.79 Å². The van der Waals surface area contributed by atoms with Crippen LogP contribution in [0.15, 0.2) is 0 Å². The standard InChI is InChI=1S/C10H21NOS/c1-5-11(6-2)7-8-13-10(4)9(3)12/h10H,5-8H2,1-4H3. The largest absolute Gasteiger partial charge is 0.303 e. The minimum atomic E-state index is 0.163. The van der Waals surface area contributed by atoms with Crippen LogP contribution >= 0.6 is 11.8 Å². The third kappa shape index (κ3) is 6.11. The lowest BCUT2D eigenvalue weighted by Crippen LogP contribution is -2.26. The van der Waals surface area contributed by atoms with Crippen LogP contribution in [-0.2, 0) is 4.79 Å². The van der Waals surface area contributed by atoms with Crippen LogP contribution in [0.4, 0.5) is 0 Å². The van der Waals surface area contributed by atoms with Crippen LogP contribution in [0.2, 0.25) is 0 Å². The molecule has 0 saturated heterocycles. The summed E-state index contributed by atoms with van der Waals surface area (Å²) in [5, 5.41) is 0.163. The van der Waals surface area contributed by atoms with Crippen molar-refractivity contribution in [1.82, 2.24) is 4.90 Å². The fourth-order valence-electron chi connectivity index (χ4n) is 1.02. The smallest absolute Gasteiger partial charge is 0.142 e. The van der Waals surface area contributed by atoms with E-state index < -0.39 is 0 Å². The summed E-state index contributed by atoms with van der Waals surface area (Å²) in [6.07, 6.45) is 0. The molecular formula is C10H21NOS. The molecule has 0 aromatic rings. The number of hydrogen-bond donors (Lipinski definition) is 0. The molecule has 0 saturated carbocycles. The highest BCUT2D eigenvalue weighted by Crippen LogP contribution is 2.10. The number of carbonyl (C=O) groups is 1. The van der Waals surface area contributed by atoms with Crippen LogP contribution in [0.1, 0.15) is 27.7 Å². The van der Waals surface area contributed by atoms with Gasteiger partial charge in [0, 0.05) is 12.3 Å². The van der Waals surface area contributed by atoms with Crippen molar-refractivity contribution in [3.63, 3.8) is 0 Å². The summed E-state index contributed by atoms with van der Waals surface area (Å²) in [5.41, 5.74) is 0. The Bertz CT molecular complexity index is 146. The van der Waals surface area contributed by atoms with Gasteiger partial charge >= 0.3 is 0 Å². The first-order valence-electron chi connectivity index (χ1n) is 4.96. The van der Waals surface area contributed by atoms with E-state index in [9.17, 15) is 4.79 Å². The van der Waals surface area contributed by atoms with Gasteiger partial charge in [-0.05, 0) is 26.9 Å². The molecule has 0 aromatic carbocycles. The molecule has 0 N–H and O–H groups in total. The van der Waals surface area contributed by atoms with Gasteiger partial charge in [0.05, 0.1) is 5.25 Å². The Balaban J connectivity index is 3.48. The van der Waals surface area contributed by atoms with Crippen molar-refractivity contribution in [2.75, 3.05) is 25.4 Å². The van der Waals surface area contributed by atoms with Crippen LogP contribution in [0.3, 0.4) is 0 Å². The molecule has 0 radical (unpaired) electrons. The number of thioether (sulfide) groups is 1. The van der Waals surface area contributed by atoms with E-state index in [2.05, 4.69) is 18.7 Å². The van der Waals surface area contributed by atoms with Crippen LogP contribution in [0.5, 0.6) is 0 Å². The topological polar surface area (TPSA) is 20.3 Å². The predicted octanol–water partition coefficient (Wildman–Crippen LogP) is 2.04. The minimum absolute atomic E-state index is 0.163. The summed E-state index contributed by atoms with van der Waals surface area (Å²) in [6, 6.07) is 0. The maximum Gasteiger partial charge on any atom is 0.142 e. The molecule has 0 rings (SSSR count). The Morgan fingerprint density at radius 2 is 1.92 bits per heavy atom. The van der Waals surface area contributed by atoms with Crippen LogP contribution in [0, 0.1) is 0 Å². The summed E-state index contributed by atoms with van der Waals surface area (Å²) in [6.45, 7) is 11.3. The van der Waals surface area contributed by atoms with E-state index in [1.54, 1.807) is 18.7 Å². The van der Waals surface area contributed by atoms with Gasteiger partial charge in [0.1, 0.15) is 5.78 Å². The molecule has 13 heavy (non-hydrogen) atoms. The van der Waals surface area contributed by atoms with E-state index in [-0.39, 0.29) is 11.0 Å². The lowest BCUT2D eigenvalue weighted by molar-refractivity contribution is -0.116. The molecule has 0 amide bonds. The van der Waals surface area contributed by atoms with Gasteiger partial charge in [0.15, 0.2) is 0 Å². The highest BCUT2D eigenvalue weighted by atomic mass is 32.2. The maximum absolute atomic E-state index is 10.9. The van der Waals surface area contributed by atoms with E-state index >= 15 is 0 Å². The first-order chi connectivity index (χ1) is 6.11. The number of ketones is 1. The number of hydrogen-bond acceptors (Lipinski definition) is 3. The van der Waals surface area contributed by atoms with E-state index in [0.717, 1.165) is 25.4 Å². The molecule has 0 spiro atoms. The summed E-state index contributed by atoms with van der Waals surface area (Å²) >= 11 is 1.75. The normalized spacial score (nSPS) is 13.3. The van der Waals surface area contributed by atoms with Gasteiger partial charge in [-0.2, -0.15) is 0 Å². The third-order valence-electron chi connectivity index (χ3n) is 2.24. The van der Waals surface area contributed by atoms with E-state index in [1.807, 2.05) is 6.92 Å². The van der Waals surface area contributed by atoms with Crippen LogP contribution in [-0.4, -0.2) is 41.3 Å². The third-order valence-corrected chi connectivity index (χ3v) is 3.49. The second kappa shape index (κ2) is 7.39. The van der Waals surface area contributed by atoms with Gasteiger partial charge < -0.3 is 4.90 Å². The second-order valence-electron chi connectivity index (χ2n) is 3.15. The zero-order chi connectivity index (χ0) is 10.3. The molecule has 78 valence electrons. The average Bonchev–Trinajstić information content (AvgIpc) is 2.12. The molecule has 2 nitrogen and oxygen atoms in total. The van der Waals surface area contributed by atoms with Crippen molar-refractivity contribution < 1.29 is 4.79 Å². The number of Topliss-reactive ketones (excluding diaryl/α,β-unsaturated/α-hetero) is 1. The maximum atomic E-state index is 10.9. The molecule has 0 bridgehead atoms. The van der Waals surface area contributed by atoms with E-state index in [1.165, 1.54) is 0 Å². The van der Waals surface area contributed by atoms with Crippen molar-refractivity contribution in [2.24, 2.45) is 0 Å². The molecule has 0 aliphatic heterocycles. The average molecular weight is 203 g/mol. The quantitative estimate of drug-likeness (QED) is 0.631. The zero-order valence-corrected chi connectivity index (χ0v) is 9.99. The molecule has 0 fully saturated rings. The van der Waals surface area contributed by atoms with Gasteiger partial charge in [-0.15, -0.1) is 11.8 Å². The molecular weight excluding hydrogens is 182 g/mol. The zero-order valence-electron chi connectivity index (χ0n) is 9.17. The highest BCUT2D eigenvalue weighted by molar-refractivity contribution is 8.00. The Morgan fingerprint density at radius 3 is 2.31 bits per heavy atom. The van der Waals surface area contributed by atoms with Gasteiger partial charge in [-0.1, -0.05) is 13.8 Å². The molecule has 0 aliphatic rings. The molecule has 0 aromatic heterocycles. The first-order valence-corrected chi connectivity index (χ1v) is 6.01. The Labute approximate surface area is 86.1 Å². The van der Waals surface area contributed by atoms with E-state index in [4.69, 9.17) is 0 Å². The molecule has 0 aliphatic carbocycles. The van der Waals surface area contributed by atoms with Crippen LogP contribution < -0.4 is 0 Å². The van der Waals surface area contributed by atoms with E-state index in [0.29, 0.717) is 0 Å². The highest BCUT2D eigenvalue weighted by Gasteiger charge is 2.07. The van der Waals surface area contributed by atoms with Crippen molar-refractivity contribution in [1.29, 1.82) is 0 Å². The molecule has 3 heteroatoms. The molecule has 1 unspecified atom stereocenters. The summed E-state index contributed by atoms with van der Waals surface area (Å²) in [4.78, 5) is 13.3. The van der Waals surface area contributed by atoms with Crippen molar-refractivity contribution in [3.05, 3.63) is 0 Å². The number of rotatable bonds is 7. The fraction of sp³-hybridized carbons (Fsp3) is 0.900. The van der Waals surface area contributed by atoms with Crippen molar-refractivity contribution in [3.8, 4) is 0 Å². The second-order valence-corrected chi connectivity index (χ2v) is 4.60. The van der Waals surface area contributed by atoms with Gasteiger partial charge in [0.2, 0.25) is 0 Å². The monoisotopic (exact) mass is 203 g/mol. The van der Waals surface area contributed by atoms with Crippen molar-refractivity contribution >= 4 is 17.5 Å². The Hall–Kier alpha value is -0.0200. The fourth-order valence-corrected chi connectivity index (χ4v) is 1.97. The SMILES string of the molecule is CCN(CC)CCSC(C)C(C)=O. The summed E-state index contributed by atoms with van der Waals surface area (Å²) in [7, 11) is 0. The van der Waals surface area contributed by atoms with Gasteiger partial charge in [-0.25, -0.2) is 0 Å². The van der Waals surface area contributed by atoms with Gasteiger partial charge in [0.25, 0.3) is 0 Å². The lowest BCUT2D eigenvalue weighted by atomic mass is 10.3. The summed E-state index contributed by atoms with van der Waals surface area (Å²) in [5.74, 6) is 1.34. The number of carbonyl (C=O) groups excluding carboxylic acids is 1. The summed E-state index contributed by atoms with van der Waals surface area (Å²) < 4.78 is 0. The Morgan fingerprint density at radius 1 is 1.38 bits per heavy atom.